The van der Waals surface area contributed by atoms with E-state index in [9.17, 15) is 14.7 Å². The molecule has 4 aromatic rings. The maximum atomic E-state index is 13.6. The van der Waals surface area contributed by atoms with Crippen LogP contribution in [-0.2, 0) is 0 Å². The van der Waals surface area contributed by atoms with Crippen molar-refractivity contribution in [2.75, 3.05) is 12.0 Å². The quantitative estimate of drug-likeness (QED) is 0.464. The number of anilines is 1. The largest absolute Gasteiger partial charge is 0.496 e. The lowest BCUT2D eigenvalue weighted by Crippen LogP contribution is -2.29. The Hall–Kier alpha value is -4.39. The lowest BCUT2D eigenvalue weighted by molar-refractivity contribution is 0.0696. The molecule has 164 valence electrons. The van der Waals surface area contributed by atoms with Crippen molar-refractivity contribution < 1.29 is 19.4 Å². The number of para-hydroxylation sites is 1. The molecule has 0 spiro atoms. The standard InChI is InChI=1S/C26H21N3O4/c1-15-7-9-16(10-8-15)22-21-23(28-27-22)25(30)29(18-13-11-17(12-14-18)26(31)32)24(21)19-5-3-4-6-20(19)33-2/h3-14,24H,1-2H3,(H,27,28)(H,31,32). The number of amides is 1. The first-order valence-corrected chi connectivity index (χ1v) is 10.4. The van der Waals surface area contributed by atoms with Crippen LogP contribution in [-0.4, -0.2) is 34.3 Å². The second-order valence-electron chi connectivity index (χ2n) is 7.90. The number of aromatic nitrogens is 2. The van der Waals surface area contributed by atoms with Crippen molar-refractivity contribution in [2.24, 2.45) is 0 Å². The summed E-state index contributed by atoms with van der Waals surface area (Å²) in [5, 5.41) is 16.7. The van der Waals surface area contributed by atoms with Gasteiger partial charge in [0.05, 0.1) is 24.4 Å². The number of carboxylic acid groups (broad SMARTS) is 1. The molecule has 7 nitrogen and oxygen atoms in total. The molecule has 0 bridgehead atoms. The minimum atomic E-state index is -1.02. The average Bonchev–Trinajstić information content (AvgIpc) is 3.38. The van der Waals surface area contributed by atoms with Crippen molar-refractivity contribution in [3.63, 3.8) is 0 Å². The smallest absolute Gasteiger partial charge is 0.335 e. The summed E-state index contributed by atoms with van der Waals surface area (Å²) in [6.45, 7) is 2.02. The molecule has 1 amide bonds. The van der Waals surface area contributed by atoms with E-state index in [0.717, 1.165) is 22.3 Å². The Kier molecular flexibility index (Phi) is 4.94. The van der Waals surface area contributed by atoms with Gasteiger partial charge >= 0.3 is 5.97 Å². The van der Waals surface area contributed by atoms with Gasteiger partial charge in [-0.05, 0) is 37.3 Å². The fraction of sp³-hybridized carbons (Fsp3) is 0.115. The van der Waals surface area contributed by atoms with Gasteiger partial charge in [0.1, 0.15) is 11.4 Å². The number of ether oxygens (including phenoxy) is 1. The van der Waals surface area contributed by atoms with E-state index < -0.39 is 12.0 Å². The summed E-state index contributed by atoms with van der Waals surface area (Å²) in [7, 11) is 1.60. The van der Waals surface area contributed by atoms with Crippen LogP contribution >= 0.6 is 0 Å². The summed E-state index contributed by atoms with van der Waals surface area (Å²) in [4.78, 5) is 26.6. The molecule has 1 aromatic heterocycles. The van der Waals surface area contributed by atoms with Gasteiger partial charge in [-0.15, -0.1) is 0 Å². The molecular formula is C26H21N3O4. The number of carboxylic acids is 1. The Labute approximate surface area is 190 Å². The minimum absolute atomic E-state index is 0.153. The molecule has 3 aromatic carbocycles. The molecule has 0 saturated carbocycles. The van der Waals surface area contributed by atoms with Crippen LogP contribution in [0.5, 0.6) is 5.75 Å². The Morgan fingerprint density at radius 1 is 1.03 bits per heavy atom. The van der Waals surface area contributed by atoms with Gasteiger partial charge in [0.2, 0.25) is 0 Å². The molecule has 1 aliphatic rings. The lowest BCUT2D eigenvalue weighted by atomic mass is 9.95. The second-order valence-corrected chi connectivity index (χ2v) is 7.90. The van der Waals surface area contributed by atoms with Gasteiger partial charge < -0.3 is 9.84 Å². The van der Waals surface area contributed by atoms with Gasteiger partial charge in [-0.2, -0.15) is 5.10 Å². The predicted octanol–water partition coefficient (Wildman–Crippen LogP) is 4.84. The molecule has 0 aliphatic carbocycles. The first-order valence-electron chi connectivity index (χ1n) is 10.4. The van der Waals surface area contributed by atoms with E-state index in [0.29, 0.717) is 22.8 Å². The molecule has 2 heterocycles. The zero-order valence-corrected chi connectivity index (χ0v) is 18.1. The van der Waals surface area contributed by atoms with Crippen molar-refractivity contribution in [2.45, 2.75) is 13.0 Å². The van der Waals surface area contributed by atoms with Crippen LogP contribution in [0.25, 0.3) is 11.3 Å². The lowest BCUT2D eigenvalue weighted by Gasteiger charge is -2.27. The van der Waals surface area contributed by atoms with Crippen molar-refractivity contribution in [3.05, 3.63) is 101 Å². The maximum absolute atomic E-state index is 13.6. The topological polar surface area (TPSA) is 95.5 Å². The number of hydrogen-bond donors (Lipinski definition) is 2. The number of aromatic amines is 1. The van der Waals surface area contributed by atoms with Gasteiger partial charge in [-0.1, -0.05) is 48.0 Å². The van der Waals surface area contributed by atoms with E-state index in [1.807, 2.05) is 55.5 Å². The third-order valence-electron chi connectivity index (χ3n) is 5.92. The number of nitrogens with zero attached hydrogens (tertiary/aromatic N) is 2. The van der Waals surface area contributed by atoms with Crippen molar-refractivity contribution in [1.82, 2.24) is 10.2 Å². The van der Waals surface area contributed by atoms with Crippen LogP contribution in [0.2, 0.25) is 0 Å². The van der Waals surface area contributed by atoms with E-state index in [1.54, 1.807) is 24.1 Å². The molecule has 5 rings (SSSR count). The number of aryl methyl sites for hydroxylation is 1. The van der Waals surface area contributed by atoms with Gasteiger partial charge in [0, 0.05) is 22.4 Å². The monoisotopic (exact) mass is 439 g/mol. The Morgan fingerprint density at radius 3 is 2.39 bits per heavy atom. The number of aromatic carboxylic acids is 1. The highest BCUT2D eigenvalue weighted by molar-refractivity contribution is 6.12. The highest BCUT2D eigenvalue weighted by Crippen LogP contribution is 2.47. The molecule has 1 atom stereocenters. The number of methoxy groups -OCH3 is 1. The molecule has 0 saturated heterocycles. The summed E-state index contributed by atoms with van der Waals surface area (Å²) in [5.74, 6) is -0.618. The molecular weight excluding hydrogens is 418 g/mol. The second kappa shape index (κ2) is 7.94. The third-order valence-corrected chi connectivity index (χ3v) is 5.92. The Bertz CT molecular complexity index is 1360. The van der Waals surface area contributed by atoms with E-state index >= 15 is 0 Å². The summed E-state index contributed by atoms with van der Waals surface area (Å²) >= 11 is 0. The molecule has 2 N–H and O–H groups in total. The van der Waals surface area contributed by atoms with Gasteiger partial charge in [-0.3, -0.25) is 14.8 Å². The Morgan fingerprint density at radius 2 is 1.73 bits per heavy atom. The fourth-order valence-corrected chi connectivity index (χ4v) is 4.30. The van der Waals surface area contributed by atoms with Gasteiger partial charge in [0.25, 0.3) is 5.91 Å². The molecule has 1 aliphatic heterocycles. The number of carbonyl (C=O) groups is 2. The molecule has 0 radical (unpaired) electrons. The molecule has 0 fully saturated rings. The number of carbonyl (C=O) groups excluding carboxylic acids is 1. The molecule has 33 heavy (non-hydrogen) atoms. The molecule has 7 heteroatoms. The zero-order chi connectivity index (χ0) is 23.1. The van der Waals surface area contributed by atoms with Crippen LogP contribution in [0.15, 0.2) is 72.8 Å². The van der Waals surface area contributed by atoms with E-state index in [1.165, 1.54) is 12.1 Å². The number of benzene rings is 3. The van der Waals surface area contributed by atoms with Gasteiger partial charge in [-0.25, -0.2) is 4.79 Å². The summed E-state index contributed by atoms with van der Waals surface area (Å²) in [6, 6.07) is 21.3. The van der Waals surface area contributed by atoms with Crippen LogP contribution in [0.3, 0.4) is 0 Å². The minimum Gasteiger partial charge on any atom is -0.496 e. The van der Waals surface area contributed by atoms with Crippen LogP contribution < -0.4 is 9.64 Å². The van der Waals surface area contributed by atoms with Crippen LogP contribution in [0.4, 0.5) is 5.69 Å². The predicted molar refractivity (Wildman–Crippen MR) is 124 cm³/mol. The fourth-order valence-electron chi connectivity index (χ4n) is 4.30. The summed E-state index contributed by atoms with van der Waals surface area (Å²) in [5.41, 5.74) is 5.43. The normalized spacial score (nSPS) is 14.9. The van der Waals surface area contributed by atoms with E-state index in [2.05, 4.69) is 10.2 Å². The highest BCUT2D eigenvalue weighted by Gasteiger charge is 2.44. The zero-order valence-electron chi connectivity index (χ0n) is 18.1. The highest BCUT2D eigenvalue weighted by atomic mass is 16.5. The van der Waals surface area contributed by atoms with Crippen molar-refractivity contribution in [1.29, 1.82) is 0 Å². The summed E-state index contributed by atoms with van der Waals surface area (Å²) in [6.07, 6.45) is 0. The van der Waals surface area contributed by atoms with Crippen LogP contribution in [0.1, 0.15) is 43.6 Å². The number of nitrogens with one attached hydrogen (secondary N) is 1. The number of rotatable bonds is 5. The maximum Gasteiger partial charge on any atom is 0.335 e. The average molecular weight is 439 g/mol. The van der Waals surface area contributed by atoms with Crippen molar-refractivity contribution in [3.8, 4) is 17.0 Å². The first kappa shape index (κ1) is 20.5. The first-order chi connectivity index (χ1) is 16.0. The Balaban J connectivity index is 1.72. The van der Waals surface area contributed by atoms with Gasteiger partial charge in [0.15, 0.2) is 0 Å². The number of hydrogen-bond acceptors (Lipinski definition) is 4. The number of H-pyrrole nitrogens is 1. The van der Waals surface area contributed by atoms with Crippen LogP contribution in [0, 0.1) is 6.92 Å². The van der Waals surface area contributed by atoms with Crippen molar-refractivity contribution >= 4 is 17.6 Å². The van der Waals surface area contributed by atoms with E-state index in [4.69, 9.17) is 4.74 Å². The third kappa shape index (κ3) is 3.34. The van der Waals surface area contributed by atoms with E-state index in [-0.39, 0.29) is 11.5 Å². The summed E-state index contributed by atoms with van der Waals surface area (Å²) < 4.78 is 5.63. The molecule has 1 unspecified atom stereocenters. The SMILES string of the molecule is COc1ccccc1C1c2c(-c3ccc(C)cc3)n[nH]c2C(=O)N1c1ccc(C(=O)O)cc1. The number of fused-ring (bicyclic) bond motifs is 1.